The molecule has 1 saturated heterocycles. The second-order valence-electron chi connectivity index (χ2n) is 8.22. The molecule has 0 unspecified atom stereocenters. The van der Waals surface area contributed by atoms with Gasteiger partial charge in [-0.05, 0) is 30.0 Å². The number of benzene rings is 1. The van der Waals surface area contributed by atoms with E-state index in [-0.39, 0.29) is 11.0 Å². The topological polar surface area (TPSA) is 63.1 Å². The van der Waals surface area contributed by atoms with Crippen molar-refractivity contribution in [3.05, 3.63) is 76.1 Å². The lowest BCUT2D eigenvalue weighted by molar-refractivity contribution is 0.293. The summed E-state index contributed by atoms with van der Waals surface area (Å²) in [6, 6.07) is 11.6. The summed E-state index contributed by atoms with van der Waals surface area (Å²) in [7, 11) is 1.72. The molecule has 0 saturated carbocycles. The minimum absolute atomic E-state index is 0.110. The van der Waals surface area contributed by atoms with Gasteiger partial charge in [-0.2, -0.15) is 0 Å². The molecule has 0 amide bonds. The first-order valence-electron chi connectivity index (χ1n) is 10.3. The van der Waals surface area contributed by atoms with Gasteiger partial charge in [-0.15, -0.1) is 0 Å². The molecule has 2 aromatic heterocycles. The predicted molar refractivity (Wildman–Crippen MR) is 114 cm³/mol. The Labute approximate surface area is 174 Å². The number of fused-ring (bicyclic) bond motifs is 2. The standard InChI is InChI=1S/C23H24FN5O/c1-28-21(30)12-20(17-6-9-25-14-19(17)24)27-22(28)29-10-7-23(8-11-29)15-26-13-16-4-2-3-5-18(16)23/h2-6,9,12,14,26H,7-8,10-11,13,15H2,1H3. The van der Waals surface area contributed by atoms with Crippen LogP contribution in [0, 0.1) is 5.82 Å². The van der Waals surface area contributed by atoms with Gasteiger partial charge in [0.15, 0.2) is 5.82 Å². The summed E-state index contributed by atoms with van der Waals surface area (Å²) >= 11 is 0. The van der Waals surface area contributed by atoms with Crippen molar-refractivity contribution in [3.8, 4) is 11.3 Å². The van der Waals surface area contributed by atoms with E-state index in [4.69, 9.17) is 0 Å². The van der Waals surface area contributed by atoms with E-state index in [2.05, 4.69) is 44.5 Å². The molecule has 6 nitrogen and oxygen atoms in total. The van der Waals surface area contributed by atoms with E-state index in [9.17, 15) is 9.18 Å². The van der Waals surface area contributed by atoms with Crippen LogP contribution >= 0.6 is 0 Å². The van der Waals surface area contributed by atoms with E-state index in [1.807, 2.05) is 0 Å². The van der Waals surface area contributed by atoms with Crippen molar-refractivity contribution in [1.29, 1.82) is 0 Å². The van der Waals surface area contributed by atoms with Gasteiger partial charge in [-0.25, -0.2) is 9.37 Å². The third kappa shape index (κ3) is 3.10. The Kier molecular flexibility index (Phi) is 4.62. The third-order valence-electron chi connectivity index (χ3n) is 6.53. The van der Waals surface area contributed by atoms with Gasteiger partial charge in [0.2, 0.25) is 5.95 Å². The van der Waals surface area contributed by atoms with Crippen LogP contribution in [0.15, 0.2) is 53.6 Å². The summed E-state index contributed by atoms with van der Waals surface area (Å²) in [4.78, 5) is 23.2. The Morgan fingerprint density at radius 3 is 2.77 bits per heavy atom. The van der Waals surface area contributed by atoms with Crippen molar-refractivity contribution in [3.63, 3.8) is 0 Å². The Bertz CT molecular complexity index is 1150. The first-order valence-corrected chi connectivity index (χ1v) is 10.3. The molecule has 5 rings (SSSR count). The first kappa shape index (κ1) is 18.9. The number of aromatic nitrogens is 3. The molecule has 1 fully saturated rings. The van der Waals surface area contributed by atoms with E-state index >= 15 is 0 Å². The highest BCUT2D eigenvalue weighted by Gasteiger charge is 2.40. The van der Waals surface area contributed by atoms with Gasteiger partial charge in [-0.3, -0.25) is 14.3 Å². The molecule has 2 aliphatic rings. The first-order chi connectivity index (χ1) is 14.6. The second kappa shape index (κ2) is 7.32. The molecule has 7 heteroatoms. The lowest BCUT2D eigenvalue weighted by Gasteiger charge is -2.46. The summed E-state index contributed by atoms with van der Waals surface area (Å²) in [5.74, 6) is 0.104. The summed E-state index contributed by atoms with van der Waals surface area (Å²) in [5, 5.41) is 3.58. The van der Waals surface area contributed by atoms with Crippen LogP contribution in [0.2, 0.25) is 0 Å². The normalized spacial score (nSPS) is 17.7. The van der Waals surface area contributed by atoms with E-state index in [1.165, 1.54) is 23.4 Å². The van der Waals surface area contributed by atoms with Crippen LogP contribution in [0.5, 0.6) is 0 Å². The number of anilines is 1. The van der Waals surface area contributed by atoms with Gasteiger partial charge >= 0.3 is 0 Å². The average Bonchev–Trinajstić information content (AvgIpc) is 2.77. The van der Waals surface area contributed by atoms with Crippen LogP contribution in [-0.2, 0) is 19.0 Å². The van der Waals surface area contributed by atoms with Crippen LogP contribution < -0.4 is 15.8 Å². The van der Waals surface area contributed by atoms with Gasteiger partial charge in [-0.1, -0.05) is 24.3 Å². The number of hydrogen-bond acceptors (Lipinski definition) is 5. The highest BCUT2D eigenvalue weighted by atomic mass is 19.1. The van der Waals surface area contributed by atoms with Gasteiger partial charge < -0.3 is 10.2 Å². The maximum absolute atomic E-state index is 14.2. The highest BCUT2D eigenvalue weighted by Crippen LogP contribution is 2.39. The van der Waals surface area contributed by atoms with E-state index in [0.29, 0.717) is 17.2 Å². The molecule has 0 atom stereocenters. The van der Waals surface area contributed by atoms with Crippen molar-refractivity contribution < 1.29 is 4.39 Å². The molecule has 2 aliphatic heterocycles. The number of hydrogen-bond donors (Lipinski definition) is 1. The Balaban J connectivity index is 1.46. The maximum Gasteiger partial charge on any atom is 0.255 e. The summed E-state index contributed by atoms with van der Waals surface area (Å²) in [5.41, 5.74) is 3.37. The SMILES string of the molecule is Cn1c(N2CCC3(CC2)CNCc2ccccc23)nc(-c2ccncc2F)cc1=O. The van der Waals surface area contributed by atoms with E-state index < -0.39 is 5.82 Å². The van der Waals surface area contributed by atoms with Crippen molar-refractivity contribution in [2.24, 2.45) is 7.05 Å². The Morgan fingerprint density at radius 1 is 1.17 bits per heavy atom. The fourth-order valence-corrected chi connectivity index (χ4v) is 4.84. The fourth-order valence-electron chi connectivity index (χ4n) is 4.84. The average molecular weight is 405 g/mol. The Hall–Kier alpha value is -3.06. The van der Waals surface area contributed by atoms with Crippen LogP contribution in [0.4, 0.5) is 10.3 Å². The molecule has 4 heterocycles. The predicted octanol–water partition coefficient (Wildman–Crippen LogP) is 2.62. The molecular weight excluding hydrogens is 381 g/mol. The fraction of sp³-hybridized carbons (Fsp3) is 0.348. The number of pyridine rings is 1. The van der Waals surface area contributed by atoms with Gasteiger partial charge in [0.25, 0.3) is 5.56 Å². The monoisotopic (exact) mass is 405 g/mol. The second-order valence-corrected chi connectivity index (χ2v) is 8.22. The van der Waals surface area contributed by atoms with Crippen LogP contribution in [0.1, 0.15) is 24.0 Å². The molecule has 1 spiro atoms. The molecule has 0 aliphatic carbocycles. The zero-order chi connectivity index (χ0) is 20.7. The molecular formula is C23H24FN5O. The lowest BCUT2D eigenvalue weighted by Crippen LogP contribution is -2.51. The largest absolute Gasteiger partial charge is 0.342 e. The van der Waals surface area contributed by atoms with E-state index in [0.717, 1.165) is 45.2 Å². The van der Waals surface area contributed by atoms with Gasteiger partial charge in [0, 0.05) is 56.5 Å². The van der Waals surface area contributed by atoms with Crippen molar-refractivity contribution in [1.82, 2.24) is 19.9 Å². The lowest BCUT2D eigenvalue weighted by atomic mass is 9.69. The molecule has 3 aromatic rings. The molecule has 0 radical (unpaired) electrons. The van der Waals surface area contributed by atoms with Gasteiger partial charge in [0.1, 0.15) is 0 Å². The molecule has 30 heavy (non-hydrogen) atoms. The summed E-state index contributed by atoms with van der Waals surface area (Å²) < 4.78 is 15.8. The minimum Gasteiger partial charge on any atom is -0.342 e. The number of rotatable bonds is 2. The maximum atomic E-state index is 14.2. The molecule has 1 N–H and O–H groups in total. The van der Waals surface area contributed by atoms with Crippen LogP contribution in [-0.4, -0.2) is 34.2 Å². The number of halogens is 1. The minimum atomic E-state index is -0.480. The van der Waals surface area contributed by atoms with Crippen LogP contribution in [0.3, 0.4) is 0 Å². The smallest absolute Gasteiger partial charge is 0.255 e. The highest BCUT2D eigenvalue weighted by molar-refractivity contribution is 5.60. The quantitative estimate of drug-likeness (QED) is 0.710. The van der Waals surface area contributed by atoms with Crippen LogP contribution in [0.25, 0.3) is 11.3 Å². The Morgan fingerprint density at radius 2 is 1.97 bits per heavy atom. The summed E-state index contributed by atoms with van der Waals surface area (Å²) in [6.45, 7) is 3.46. The third-order valence-corrected chi connectivity index (χ3v) is 6.53. The summed E-state index contributed by atoms with van der Waals surface area (Å²) in [6.07, 6.45) is 4.60. The van der Waals surface area contributed by atoms with Crippen molar-refractivity contribution in [2.45, 2.75) is 24.8 Å². The number of nitrogens with one attached hydrogen (secondary N) is 1. The molecule has 1 aromatic carbocycles. The van der Waals surface area contributed by atoms with Crippen molar-refractivity contribution in [2.75, 3.05) is 24.5 Å². The number of nitrogens with zero attached hydrogens (tertiary/aromatic N) is 4. The zero-order valence-corrected chi connectivity index (χ0v) is 16.9. The zero-order valence-electron chi connectivity index (χ0n) is 16.9. The molecule has 0 bridgehead atoms. The van der Waals surface area contributed by atoms with Crippen molar-refractivity contribution >= 4 is 5.95 Å². The van der Waals surface area contributed by atoms with Gasteiger partial charge in [0.05, 0.1) is 11.9 Å². The van der Waals surface area contributed by atoms with E-state index in [1.54, 1.807) is 17.7 Å². The molecule has 154 valence electrons. The number of piperidine rings is 1.